The number of benzene rings is 2. The van der Waals surface area contributed by atoms with E-state index in [-0.39, 0.29) is 12.5 Å². The molecule has 0 atom stereocenters. The van der Waals surface area contributed by atoms with Crippen LogP contribution in [0.15, 0.2) is 53.9 Å². The van der Waals surface area contributed by atoms with Crippen molar-refractivity contribution in [3.05, 3.63) is 69.3 Å². The highest BCUT2D eigenvalue weighted by Gasteiger charge is 2.13. The van der Waals surface area contributed by atoms with Gasteiger partial charge < -0.3 is 14.5 Å². The van der Waals surface area contributed by atoms with Gasteiger partial charge in [-0.05, 0) is 43.8 Å². The molecule has 2 heterocycles. The first-order valence-electron chi connectivity index (χ1n) is 9.53. The van der Waals surface area contributed by atoms with Gasteiger partial charge in [-0.2, -0.15) is 0 Å². The second-order valence-corrected chi connectivity index (χ2v) is 8.38. The fourth-order valence-corrected chi connectivity index (χ4v) is 4.49. The number of hydrogen-bond donors (Lipinski definition) is 1. The van der Waals surface area contributed by atoms with Gasteiger partial charge in [-0.25, -0.2) is 4.98 Å². The van der Waals surface area contributed by atoms with Crippen molar-refractivity contribution in [3.63, 3.8) is 0 Å². The number of hydrogen-bond acceptors (Lipinski definition) is 4. The average Bonchev–Trinajstić information content (AvgIpc) is 3.27. The van der Waals surface area contributed by atoms with E-state index in [1.54, 1.807) is 0 Å². The van der Waals surface area contributed by atoms with Gasteiger partial charge >= 0.3 is 0 Å². The smallest absolute Gasteiger partial charge is 0.240 e. The maximum absolute atomic E-state index is 12.7. The normalized spacial score (nSPS) is 11.1. The maximum atomic E-state index is 12.7. The fourth-order valence-electron chi connectivity index (χ4n) is 3.42. The number of aromatic nitrogens is 3. The summed E-state index contributed by atoms with van der Waals surface area (Å²) in [7, 11) is 0. The van der Waals surface area contributed by atoms with E-state index in [1.807, 2.05) is 28.1 Å². The van der Waals surface area contributed by atoms with Crippen LogP contribution < -0.4 is 5.32 Å². The molecule has 4 rings (SSSR count). The predicted octanol–water partition coefficient (Wildman–Crippen LogP) is 4.94. The van der Waals surface area contributed by atoms with Gasteiger partial charge in [0.25, 0.3) is 0 Å². The van der Waals surface area contributed by atoms with E-state index in [9.17, 15) is 4.79 Å². The molecule has 0 aliphatic rings. The lowest BCUT2D eigenvalue weighted by Crippen LogP contribution is -2.28. The Balaban J connectivity index is 1.51. The second-order valence-electron chi connectivity index (χ2n) is 6.88. The zero-order valence-corrected chi connectivity index (χ0v) is 18.0. The summed E-state index contributed by atoms with van der Waals surface area (Å²) in [5.74, 6) is 0.775. The van der Waals surface area contributed by atoms with E-state index in [4.69, 9.17) is 12.2 Å². The molecule has 5 nitrogen and oxygen atoms in total. The molecule has 29 heavy (non-hydrogen) atoms. The zero-order valence-electron chi connectivity index (χ0n) is 16.4. The molecule has 2 aromatic carbocycles. The molecule has 0 fully saturated rings. The lowest BCUT2D eigenvalue weighted by atomic mass is 10.1. The molecular weight excluding hydrogens is 400 g/mol. The summed E-state index contributed by atoms with van der Waals surface area (Å²) in [6.45, 7) is 5.52. The number of imidazole rings is 1. The molecule has 0 aliphatic carbocycles. The van der Waals surface area contributed by atoms with Gasteiger partial charge in [0.05, 0.1) is 23.3 Å². The SMILES string of the molecule is CCn1c(CNC(=O)Cn2c(-c3ccc(C)cc3)csc2=S)nc2ccccc21. The van der Waals surface area contributed by atoms with Gasteiger partial charge in [-0.15, -0.1) is 11.3 Å². The number of fused-ring (bicyclic) bond motifs is 1. The quantitative estimate of drug-likeness (QED) is 0.448. The number of carbonyl (C=O) groups excluding carboxylic acids is 1. The van der Waals surface area contributed by atoms with Crippen LogP contribution in [-0.2, 0) is 24.4 Å². The van der Waals surface area contributed by atoms with E-state index >= 15 is 0 Å². The average molecular weight is 423 g/mol. The second kappa shape index (κ2) is 8.31. The van der Waals surface area contributed by atoms with E-state index in [0.717, 1.165) is 34.7 Å². The molecule has 0 unspecified atom stereocenters. The fraction of sp³-hybridized carbons (Fsp3) is 0.227. The Hall–Kier alpha value is -2.77. The first-order chi connectivity index (χ1) is 14.1. The molecular formula is C22H22N4OS2. The van der Waals surface area contributed by atoms with E-state index < -0.39 is 0 Å². The van der Waals surface area contributed by atoms with Crippen LogP contribution in [0.2, 0.25) is 0 Å². The molecule has 0 radical (unpaired) electrons. The van der Waals surface area contributed by atoms with Gasteiger partial charge in [-0.3, -0.25) is 4.79 Å². The number of thiazole rings is 1. The number of amides is 1. The van der Waals surface area contributed by atoms with Crippen LogP contribution in [0.1, 0.15) is 18.3 Å². The highest BCUT2D eigenvalue weighted by atomic mass is 32.1. The van der Waals surface area contributed by atoms with Crippen LogP contribution in [0.5, 0.6) is 0 Å². The lowest BCUT2D eigenvalue weighted by Gasteiger charge is -2.11. The number of aryl methyl sites for hydroxylation is 2. The summed E-state index contributed by atoms with van der Waals surface area (Å²) in [6, 6.07) is 16.3. The first-order valence-corrected chi connectivity index (χ1v) is 10.8. The third kappa shape index (κ3) is 4.02. The Morgan fingerprint density at radius 1 is 1.14 bits per heavy atom. The summed E-state index contributed by atoms with van der Waals surface area (Å²) in [5, 5.41) is 5.01. The van der Waals surface area contributed by atoms with Crippen LogP contribution in [0, 0.1) is 10.9 Å². The summed E-state index contributed by atoms with van der Waals surface area (Å²) in [6.07, 6.45) is 0. The van der Waals surface area contributed by atoms with Crippen molar-refractivity contribution < 1.29 is 4.79 Å². The number of rotatable bonds is 6. The van der Waals surface area contributed by atoms with Gasteiger partial charge in [0.2, 0.25) is 5.91 Å². The number of carbonyl (C=O) groups is 1. The largest absolute Gasteiger partial charge is 0.347 e. The molecule has 0 saturated heterocycles. The molecule has 0 saturated carbocycles. The van der Waals surface area contributed by atoms with Crippen molar-refractivity contribution >= 4 is 40.5 Å². The standard InChI is InChI=1S/C22H22N4OS2/c1-3-25-18-7-5-4-6-17(18)24-20(25)12-23-21(27)13-26-19(14-29-22(26)28)16-10-8-15(2)9-11-16/h4-11,14H,3,12-13H2,1-2H3,(H,23,27). The predicted molar refractivity (Wildman–Crippen MR) is 121 cm³/mol. The topological polar surface area (TPSA) is 51.9 Å². The monoisotopic (exact) mass is 422 g/mol. The molecule has 1 N–H and O–H groups in total. The number of para-hydroxylation sites is 2. The van der Waals surface area contributed by atoms with Crippen LogP contribution in [-0.4, -0.2) is 20.0 Å². The van der Waals surface area contributed by atoms with Gasteiger partial charge in [0.15, 0.2) is 3.95 Å². The van der Waals surface area contributed by atoms with Crippen molar-refractivity contribution in [3.8, 4) is 11.3 Å². The van der Waals surface area contributed by atoms with Crippen LogP contribution in [0.25, 0.3) is 22.3 Å². The van der Waals surface area contributed by atoms with Crippen LogP contribution in [0.3, 0.4) is 0 Å². The molecule has 0 bridgehead atoms. The third-order valence-electron chi connectivity index (χ3n) is 4.93. The minimum atomic E-state index is -0.0810. The van der Waals surface area contributed by atoms with E-state index in [1.165, 1.54) is 16.9 Å². The summed E-state index contributed by atoms with van der Waals surface area (Å²) in [5.41, 5.74) is 5.26. The van der Waals surface area contributed by atoms with E-state index in [2.05, 4.69) is 59.0 Å². The molecule has 148 valence electrons. The van der Waals surface area contributed by atoms with Crippen molar-refractivity contribution in [2.75, 3.05) is 0 Å². The molecule has 1 amide bonds. The van der Waals surface area contributed by atoms with Crippen LogP contribution >= 0.6 is 23.6 Å². The Bertz CT molecular complexity index is 1220. The minimum Gasteiger partial charge on any atom is -0.347 e. The molecule has 7 heteroatoms. The lowest BCUT2D eigenvalue weighted by molar-refractivity contribution is -0.121. The van der Waals surface area contributed by atoms with Crippen molar-refractivity contribution in [1.29, 1.82) is 0 Å². The maximum Gasteiger partial charge on any atom is 0.240 e. The Labute approximate surface area is 178 Å². The minimum absolute atomic E-state index is 0.0810. The summed E-state index contributed by atoms with van der Waals surface area (Å²) < 4.78 is 4.71. The molecule has 4 aromatic rings. The summed E-state index contributed by atoms with van der Waals surface area (Å²) >= 11 is 6.94. The molecule has 0 spiro atoms. The highest BCUT2D eigenvalue weighted by Crippen LogP contribution is 2.24. The Kier molecular flexibility index (Phi) is 5.60. The van der Waals surface area contributed by atoms with Crippen molar-refractivity contribution in [1.82, 2.24) is 19.4 Å². The Morgan fingerprint density at radius 3 is 2.66 bits per heavy atom. The summed E-state index contributed by atoms with van der Waals surface area (Å²) in [4.78, 5) is 17.3. The van der Waals surface area contributed by atoms with E-state index in [0.29, 0.717) is 10.5 Å². The van der Waals surface area contributed by atoms with Gasteiger partial charge in [0.1, 0.15) is 12.4 Å². The van der Waals surface area contributed by atoms with Gasteiger partial charge in [-0.1, -0.05) is 42.0 Å². The molecule has 0 aliphatic heterocycles. The third-order valence-corrected chi connectivity index (χ3v) is 6.20. The highest BCUT2D eigenvalue weighted by molar-refractivity contribution is 7.73. The number of nitrogens with one attached hydrogen (secondary N) is 1. The van der Waals surface area contributed by atoms with Crippen molar-refractivity contribution in [2.24, 2.45) is 0 Å². The van der Waals surface area contributed by atoms with Crippen molar-refractivity contribution in [2.45, 2.75) is 33.5 Å². The zero-order chi connectivity index (χ0) is 20.4. The molecule has 2 aromatic heterocycles. The van der Waals surface area contributed by atoms with Gasteiger partial charge in [0, 0.05) is 11.9 Å². The van der Waals surface area contributed by atoms with Crippen LogP contribution in [0.4, 0.5) is 0 Å². The first kappa shape index (κ1) is 19.5. The Morgan fingerprint density at radius 2 is 1.90 bits per heavy atom. The number of nitrogens with zero attached hydrogens (tertiary/aromatic N) is 3.